The SMILES string of the molecule is COc1ccc([C@@H]2O[C@H](C(=O)O[C@@H]3CC[C@@]4(C)[C@@H](C3)C[C@@H](O)[C@@H]3[C@@H]4C[C@H](OC(=O)C(F)(F)F)[C@]4(C)[C@@H]([C@H](C)CCC(=O)OCc5ccccc5)CC[C@@H]34)[C@@H](c3ccccc3)N2C(=O)OC(C)(C)C)cc1. The number of aliphatic hydroxyl groups excluding tert-OH is 1. The first kappa shape index (κ1) is 51.2. The number of esters is 3. The molecule has 8 rings (SSSR count). The van der Waals surface area contributed by atoms with E-state index in [9.17, 15) is 37.5 Å². The van der Waals surface area contributed by atoms with Crippen LogP contribution in [0.3, 0.4) is 0 Å². The molecular formula is C55H68F3NO11. The summed E-state index contributed by atoms with van der Waals surface area (Å²) in [6.45, 7) is 11.5. The van der Waals surface area contributed by atoms with E-state index in [1.807, 2.05) is 74.5 Å². The molecule has 1 saturated heterocycles. The average molecular weight is 976 g/mol. The lowest BCUT2D eigenvalue weighted by molar-refractivity contribution is -0.240. The Balaban J connectivity index is 1.01. The van der Waals surface area contributed by atoms with E-state index in [0.717, 1.165) is 5.56 Å². The van der Waals surface area contributed by atoms with Gasteiger partial charge in [-0.05, 0) is 136 Å². The predicted octanol–water partition coefficient (Wildman–Crippen LogP) is 10.9. The molecule has 70 heavy (non-hydrogen) atoms. The minimum Gasteiger partial charge on any atom is -0.497 e. The van der Waals surface area contributed by atoms with Crippen molar-refractivity contribution in [3.05, 3.63) is 102 Å². The van der Waals surface area contributed by atoms with Gasteiger partial charge in [-0.1, -0.05) is 93.6 Å². The Labute approximate surface area is 408 Å². The van der Waals surface area contributed by atoms with E-state index in [0.29, 0.717) is 61.8 Å². The number of benzene rings is 3. The van der Waals surface area contributed by atoms with Crippen molar-refractivity contribution >= 4 is 24.0 Å². The number of rotatable bonds is 12. The van der Waals surface area contributed by atoms with Gasteiger partial charge in [-0.2, -0.15) is 13.2 Å². The number of nitrogens with zero attached hydrogens (tertiary/aromatic N) is 1. The lowest BCUT2D eigenvalue weighted by Crippen LogP contribution is -2.63. The first-order valence-corrected chi connectivity index (χ1v) is 24.8. The van der Waals surface area contributed by atoms with E-state index in [1.54, 1.807) is 52.1 Å². The Morgan fingerprint density at radius 2 is 1.51 bits per heavy atom. The largest absolute Gasteiger partial charge is 0.497 e. The van der Waals surface area contributed by atoms with E-state index >= 15 is 0 Å². The van der Waals surface area contributed by atoms with Crippen molar-refractivity contribution in [1.82, 2.24) is 4.90 Å². The predicted molar refractivity (Wildman–Crippen MR) is 250 cm³/mol. The minimum absolute atomic E-state index is 0.120. The molecule has 1 amide bonds. The van der Waals surface area contributed by atoms with E-state index in [1.165, 1.54) is 4.90 Å². The average Bonchev–Trinajstić information content (AvgIpc) is 3.90. The van der Waals surface area contributed by atoms with Gasteiger partial charge in [0, 0.05) is 17.4 Å². The number of methoxy groups -OCH3 is 1. The zero-order valence-electron chi connectivity index (χ0n) is 41.2. The molecule has 0 spiro atoms. The zero-order valence-corrected chi connectivity index (χ0v) is 41.2. The van der Waals surface area contributed by atoms with Crippen molar-refractivity contribution in [2.24, 2.45) is 46.3 Å². The molecule has 5 fully saturated rings. The molecule has 380 valence electrons. The highest BCUT2D eigenvalue weighted by atomic mass is 19.4. The molecule has 1 N–H and O–H groups in total. The van der Waals surface area contributed by atoms with Crippen LogP contribution in [0.4, 0.5) is 18.0 Å². The van der Waals surface area contributed by atoms with Gasteiger partial charge in [-0.3, -0.25) is 9.69 Å². The third kappa shape index (κ3) is 10.3. The lowest BCUT2D eigenvalue weighted by Gasteiger charge is -2.64. The van der Waals surface area contributed by atoms with Gasteiger partial charge >= 0.3 is 30.2 Å². The highest BCUT2D eigenvalue weighted by Gasteiger charge is 2.68. The zero-order chi connectivity index (χ0) is 50.3. The fraction of sp³-hybridized carbons (Fsp3) is 0.600. The van der Waals surface area contributed by atoms with Crippen LogP contribution < -0.4 is 4.74 Å². The molecule has 4 saturated carbocycles. The van der Waals surface area contributed by atoms with Gasteiger partial charge in [0.25, 0.3) is 0 Å². The number of alkyl halides is 3. The second-order valence-corrected chi connectivity index (χ2v) is 21.9. The highest BCUT2D eigenvalue weighted by Crippen LogP contribution is 2.69. The summed E-state index contributed by atoms with van der Waals surface area (Å²) in [6, 6.07) is 24.5. The third-order valence-corrected chi connectivity index (χ3v) is 16.8. The van der Waals surface area contributed by atoms with Crippen molar-refractivity contribution in [2.75, 3.05) is 7.11 Å². The van der Waals surface area contributed by atoms with Crippen LogP contribution in [0, 0.1) is 46.3 Å². The molecule has 1 aliphatic heterocycles. The first-order chi connectivity index (χ1) is 33.1. The van der Waals surface area contributed by atoms with E-state index in [4.69, 9.17) is 28.4 Å². The van der Waals surface area contributed by atoms with Crippen LogP contribution in [0.5, 0.6) is 5.75 Å². The van der Waals surface area contributed by atoms with Crippen LogP contribution in [0.2, 0.25) is 0 Å². The molecule has 1 heterocycles. The summed E-state index contributed by atoms with van der Waals surface area (Å²) in [4.78, 5) is 55.9. The fourth-order valence-corrected chi connectivity index (χ4v) is 13.4. The van der Waals surface area contributed by atoms with Gasteiger partial charge < -0.3 is 33.5 Å². The van der Waals surface area contributed by atoms with Gasteiger partial charge in [-0.15, -0.1) is 0 Å². The smallest absolute Gasteiger partial charge is 0.490 e. The second-order valence-electron chi connectivity index (χ2n) is 21.9. The normalized spacial score (nSPS) is 33.2. The Morgan fingerprint density at radius 3 is 2.16 bits per heavy atom. The van der Waals surface area contributed by atoms with E-state index in [-0.39, 0.29) is 60.9 Å². The molecule has 0 bridgehead atoms. The summed E-state index contributed by atoms with van der Waals surface area (Å²) < 4.78 is 77.6. The standard InChI is InChI=1S/C55H68F3NO11/c1-32(18-25-44(61)66-31-33-14-10-8-11-15-33)39-23-24-40-45-41(30-43(54(39,40)6)68-50(63)55(56,57)58)53(5)27-26-38(28-36(53)29-42(45)60)67-49(62)47-46(34-16-12-9-13-17-34)59(51(64)70-52(2,3)4)48(69-47)35-19-21-37(65-7)22-20-35/h8-17,19-22,32,36,38-43,45-48,60H,18,23-31H2,1-7H3/t32-,36+,38-,39-,40+,41+,42-,43+,45+,46-,47+,48+,53+,54-/m1/s1. The number of halogens is 3. The van der Waals surface area contributed by atoms with Crippen LogP contribution in [0.15, 0.2) is 84.9 Å². The molecule has 12 nitrogen and oxygen atoms in total. The van der Waals surface area contributed by atoms with Crippen LogP contribution in [-0.2, 0) is 44.7 Å². The molecule has 0 radical (unpaired) electrons. The summed E-state index contributed by atoms with van der Waals surface area (Å²) in [5.74, 6) is -3.97. The van der Waals surface area contributed by atoms with E-state index < -0.39 is 77.3 Å². The topological polar surface area (TPSA) is 147 Å². The summed E-state index contributed by atoms with van der Waals surface area (Å²) >= 11 is 0. The van der Waals surface area contributed by atoms with Gasteiger partial charge in [0.1, 0.15) is 36.2 Å². The number of ether oxygens (including phenoxy) is 6. The van der Waals surface area contributed by atoms with Crippen molar-refractivity contribution in [1.29, 1.82) is 0 Å². The van der Waals surface area contributed by atoms with Gasteiger partial charge in [0.05, 0.1) is 13.2 Å². The second kappa shape index (κ2) is 20.2. The number of aliphatic hydroxyl groups is 1. The maximum Gasteiger partial charge on any atom is 0.490 e. The Kier molecular flexibility index (Phi) is 14.7. The number of carbonyl (C=O) groups excluding carboxylic acids is 4. The van der Waals surface area contributed by atoms with Crippen molar-refractivity contribution in [3.8, 4) is 5.75 Å². The molecular weight excluding hydrogens is 908 g/mol. The summed E-state index contributed by atoms with van der Waals surface area (Å²) in [6.07, 6.45) is -6.90. The molecule has 14 atom stereocenters. The number of carbonyl (C=O) groups is 4. The number of hydrogen-bond donors (Lipinski definition) is 1. The van der Waals surface area contributed by atoms with Gasteiger partial charge in [0.2, 0.25) is 0 Å². The molecule has 3 aromatic carbocycles. The number of hydrogen-bond acceptors (Lipinski definition) is 11. The molecule has 0 aromatic heterocycles. The number of fused-ring (bicyclic) bond motifs is 5. The van der Waals surface area contributed by atoms with Crippen molar-refractivity contribution in [3.63, 3.8) is 0 Å². The Morgan fingerprint density at radius 1 is 0.843 bits per heavy atom. The molecule has 4 aliphatic carbocycles. The molecule has 5 aliphatic rings. The fourth-order valence-electron chi connectivity index (χ4n) is 13.4. The van der Waals surface area contributed by atoms with Crippen LogP contribution in [-0.4, -0.2) is 77.3 Å². The summed E-state index contributed by atoms with van der Waals surface area (Å²) in [5.41, 5.74) is -0.173. The van der Waals surface area contributed by atoms with Crippen molar-refractivity contribution in [2.45, 2.75) is 154 Å². The van der Waals surface area contributed by atoms with Gasteiger partial charge in [-0.25, -0.2) is 14.4 Å². The maximum absolute atomic E-state index is 14.6. The maximum atomic E-state index is 14.6. The molecule has 0 unspecified atom stereocenters. The van der Waals surface area contributed by atoms with E-state index in [2.05, 4.69) is 6.92 Å². The highest BCUT2D eigenvalue weighted by molar-refractivity contribution is 5.79. The van der Waals surface area contributed by atoms with Crippen molar-refractivity contribution < 1.29 is 65.9 Å². The monoisotopic (exact) mass is 975 g/mol. The molecule has 3 aromatic rings. The molecule has 15 heteroatoms. The summed E-state index contributed by atoms with van der Waals surface area (Å²) in [7, 11) is 1.55. The Hall–Kier alpha value is -5.15. The first-order valence-electron chi connectivity index (χ1n) is 24.8. The Bertz CT molecular complexity index is 2330. The van der Waals surface area contributed by atoms with Gasteiger partial charge in [0.15, 0.2) is 12.3 Å². The van der Waals surface area contributed by atoms with Crippen LogP contribution in [0.1, 0.15) is 128 Å². The summed E-state index contributed by atoms with van der Waals surface area (Å²) in [5, 5.41) is 12.3. The lowest BCUT2D eigenvalue weighted by atomic mass is 9.43. The van der Waals surface area contributed by atoms with Crippen LogP contribution in [0.25, 0.3) is 0 Å². The third-order valence-electron chi connectivity index (χ3n) is 16.8. The minimum atomic E-state index is -5.20. The quantitative estimate of drug-likeness (QED) is 0.137. The van der Waals surface area contributed by atoms with Crippen LogP contribution >= 0.6 is 0 Å². The number of amides is 1.